The zero-order chi connectivity index (χ0) is 14.4. The zero-order valence-electron chi connectivity index (χ0n) is 11.9. The van der Waals surface area contributed by atoms with Crippen LogP contribution in [0.1, 0.15) is 22.3 Å². The number of nitrogens with zero attached hydrogens (tertiary/aromatic N) is 1. The van der Waals surface area contributed by atoms with Crippen molar-refractivity contribution in [1.82, 2.24) is 15.5 Å². The molecule has 1 aliphatic rings. The molecule has 110 valence electrons. The Morgan fingerprint density at radius 1 is 1.40 bits per heavy atom. The number of halogens is 1. The van der Waals surface area contributed by atoms with Gasteiger partial charge in [-0.05, 0) is 43.7 Å². The maximum atomic E-state index is 13.0. The number of piperazine rings is 1. The summed E-state index contributed by atoms with van der Waals surface area (Å²) in [7, 11) is 0. The monoisotopic (exact) mass is 279 g/mol. The summed E-state index contributed by atoms with van der Waals surface area (Å²) in [5.41, 5.74) is 1.22. The van der Waals surface area contributed by atoms with Crippen LogP contribution in [0.2, 0.25) is 0 Å². The smallest absolute Gasteiger partial charge is 0.251 e. The number of nitrogens with one attached hydrogen (secondary N) is 2. The standard InChI is InChI=1S/C15H22FN3O/c1-12-11-13(16)3-4-14(12)15(20)18-5-2-8-19-9-6-17-7-10-19/h3-4,11,17H,2,5-10H2,1H3,(H,18,20). The molecule has 1 aromatic carbocycles. The molecule has 0 unspecified atom stereocenters. The molecular weight excluding hydrogens is 257 g/mol. The molecule has 2 N–H and O–H groups in total. The van der Waals surface area contributed by atoms with E-state index in [1.807, 2.05) is 0 Å². The van der Waals surface area contributed by atoms with E-state index in [-0.39, 0.29) is 11.7 Å². The number of hydrogen-bond donors (Lipinski definition) is 2. The van der Waals surface area contributed by atoms with Gasteiger partial charge in [0.2, 0.25) is 0 Å². The van der Waals surface area contributed by atoms with Gasteiger partial charge in [-0.25, -0.2) is 4.39 Å². The summed E-state index contributed by atoms with van der Waals surface area (Å²) in [6.45, 7) is 7.64. The van der Waals surface area contributed by atoms with Crippen LogP contribution < -0.4 is 10.6 Å². The van der Waals surface area contributed by atoms with E-state index in [4.69, 9.17) is 0 Å². The van der Waals surface area contributed by atoms with Crippen molar-refractivity contribution in [3.63, 3.8) is 0 Å². The third-order valence-corrected chi connectivity index (χ3v) is 3.58. The van der Waals surface area contributed by atoms with Crippen molar-refractivity contribution in [3.8, 4) is 0 Å². The van der Waals surface area contributed by atoms with Gasteiger partial charge in [-0.3, -0.25) is 4.79 Å². The molecule has 0 aliphatic carbocycles. The fourth-order valence-electron chi connectivity index (χ4n) is 2.42. The average Bonchev–Trinajstić information content (AvgIpc) is 2.44. The van der Waals surface area contributed by atoms with Gasteiger partial charge < -0.3 is 15.5 Å². The molecule has 4 nitrogen and oxygen atoms in total. The maximum Gasteiger partial charge on any atom is 0.251 e. The second-order valence-electron chi connectivity index (χ2n) is 5.16. The first-order valence-electron chi connectivity index (χ1n) is 7.14. The number of hydrogen-bond acceptors (Lipinski definition) is 3. The van der Waals surface area contributed by atoms with E-state index in [0.717, 1.165) is 39.1 Å². The third kappa shape index (κ3) is 4.28. The number of rotatable bonds is 5. The van der Waals surface area contributed by atoms with Crippen LogP contribution in [-0.2, 0) is 0 Å². The molecule has 0 atom stereocenters. The van der Waals surface area contributed by atoms with E-state index in [2.05, 4.69) is 15.5 Å². The lowest BCUT2D eigenvalue weighted by atomic mass is 10.1. The fraction of sp³-hybridized carbons (Fsp3) is 0.533. The largest absolute Gasteiger partial charge is 0.352 e. The third-order valence-electron chi connectivity index (χ3n) is 3.58. The van der Waals surface area contributed by atoms with E-state index in [1.165, 1.54) is 18.2 Å². The Balaban J connectivity index is 1.72. The van der Waals surface area contributed by atoms with Crippen molar-refractivity contribution in [3.05, 3.63) is 35.1 Å². The summed E-state index contributed by atoms with van der Waals surface area (Å²) >= 11 is 0. The van der Waals surface area contributed by atoms with Gasteiger partial charge >= 0.3 is 0 Å². The van der Waals surface area contributed by atoms with Crippen LogP contribution in [0.3, 0.4) is 0 Å². The van der Waals surface area contributed by atoms with Gasteiger partial charge in [0.15, 0.2) is 0 Å². The summed E-state index contributed by atoms with van der Waals surface area (Å²) in [6.07, 6.45) is 0.936. The van der Waals surface area contributed by atoms with Crippen LogP contribution in [0.4, 0.5) is 4.39 Å². The van der Waals surface area contributed by atoms with Crippen LogP contribution in [-0.4, -0.2) is 50.1 Å². The molecule has 1 saturated heterocycles. The highest BCUT2D eigenvalue weighted by Crippen LogP contribution is 2.09. The minimum absolute atomic E-state index is 0.122. The van der Waals surface area contributed by atoms with Gasteiger partial charge in [-0.1, -0.05) is 0 Å². The predicted molar refractivity (Wildman–Crippen MR) is 77.4 cm³/mol. The highest BCUT2D eigenvalue weighted by atomic mass is 19.1. The van der Waals surface area contributed by atoms with Crippen molar-refractivity contribution < 1.29 is 9.18 Å². The number of carbonyl (C=O) groups excluding carboxylic acids is 1. The second kappa shape index (κ2) is 7.36. The molecule has 0 aromatic heterocycles. The van der Waals surface area contributed by atoms with Crippen molar-refractivity contribution in [2.24, 2.45) is 0 Å². The quantitative estimate of drug-likeness (QED) is 0.795. The van der Waals surface area contributed by atoms with E-state index >= 15 is 0 Å². The van der Waals surface area contributed by atoms with E-state index in [1.54, 1.807) is 6.92 Å². The minimum atomic E-state index is -0.308. The van der Waals surface area contributed by atoms with Gasteiger partial charge in [0, 0.05) is 38.3 Å². The number of amides is 1. The van der Waals surface area contributed by atoms with Crippen LogP contribution in [0, 0.1) is 12.7 Å². The number of carbonyl (C=O) groups is 1. The van der Waals surface area contributed by atoms with Crippen molar-refractivity contribution in [1.29, 1.82) is 0 Å². The summed E-state index contributed by atoms with van der Waals surface area (Å²) in [4.78, 5) is 14.4. The van der Waals surface area contributed by atoms with Crippen LogP contribution in [0.15, 0.2) is 18.2 Å². The highest BCUT2D eigenvalue weighted by Gasteiger charge is 2.11. The van der Waals surface area contributed by atoms with E-state index in [9.17, 15) is 9.18 Å². The first-order chi connectivity index (χ1) is 9.66. The Hall–Kier alpha value is -1.46. The predicted octanol–water partition coefficient (Wildman–Crippen LogP) is 1.16. The summed E-state index contributed by atoms with van der Waals surface area (Å²) in [5, 5.41) is 6.21. The zero-order valence-corrected chi connectivity index (χ0v) is 11.9. The lowest BCUT2D eigenvalue weighted by Gasteiger charge is -2.27. The highest BCUT2D eigenvalue weighted by molar-refractivity contribution is 5.95. The molecule has 1 heterocycles. The summed E-state index contributed by atoms with van der Waals surface area (Å²) < 4.78 is 13.0. The molecule has 1 fully saturated rings. The van der Waals surface area contributed by atoms with Crippen molar-refractivity contribution in [2.75, 3.05) is 39.3 Å². The molecule has 1 aliphatic heterocycles. The lowest BCUT2D eigenvalue weighted by Crippen LogP contribution is -2.44. The average molecular weight is 279 g/mol. The molecule has 1 amide bonds. The Kier molecular flexibility index (Phi) is 5.49. The van der Waals surface area contributed by atoms with Crippen LogP contribution in [0.5, 0.6) is 0 Å². The molecule has 1 aromatic rings. The molecule has 20 heavy (non-hydrogen) atoms. The fourth-order valence-corrected chi connectivity index (χ4v) is 2.42. The van der Waals surface area contributed by atoms with Gasteiger partial charge in [0.05, 0.1) is 0 Å². The van der Waals surface area contributed by atoms with Crippen molar-refractivity contribution in [2.45, 2.75) is 13.3 Å². The first kappa shape index (κ1) is 14.9. The normalized spacial score (nSPS) is 16.1. The Morgan fingerprint density at radius 2 is 2.15 bits per heavy atom. The van der Waals surface area contributed by atoms with Crippen LogP contribution in [0.25, 0.3) is 0 Å². The molecule has 5 heteroatoms. The van der Waals surface area contributed by atoms with E-state index < -0.39 is 0 Å². The Labute approximate surface area is 119 Å². The molecular formula is C15H22FN3O. The Morgan fingerprint density at radius 3 is 2.85 bits per heavy atom. The van der Waals surface area contributed by atoms with Crippen LogP contribution >= 0.6 is 0 Å². The van der Waals surface area contributed by atoms with Crippen molar-refractivity contribution >= 4 is 5.91 Å². The first-order valence-corrected chi connectivity index (χ1v) is 7.14. The SMILES string of the molecule is Cc1cc(F)ccc1C(=O)NCCCN1CCNCC1. The lowest BCUT2D eigenvalue weighted by molar-refractivity contribution is 0.0950. The second-order valence-corrected chi connectivity index (χ2v) is 5.16. The minimum Gasteiger partial charge on any atom is -0.352 e. The number of aryl methyl sites for hydroxylation is 1. The molecule has 0 radical (unpaired) electrons. The summed E-state index contributed by atoms with van der Waals surface area (Å²) in [5.74, 6) is -0.430. The molecule has 0 spiro atoms. The molecule has 2 rings (SSSR count). The topological polar surface area (TPSA) is 44.4 Å². The van der Waals surface area contributed by atoms with Gasteiger partial charge in [0.25, 0.3) is 5.91 Å². The number of benzene rings is 1. The molecule has 0 saturated carbocycles. The Bertz CT molecular complexity index is 458. The van der Waals surface area contributed by atoms with Gasteiger partial charge in [-0.15, -0.1) is 0 Å². The maximum absolute atomic E-state index is 13.0. The van der Waals surface area contributed by atoms with Gasteiger partial charge in [0.1, 0.15) is 5.82 Å². The van der Waals surface area contributed by atoms with E-state index in [0.29, 0.717) is 17.7 Å². The molecule has 0 bridgehead atoms. The van der Waals surface area contributed by atoms with Gasteiger partial charge in [-0.2, -0.15) is 0 Å². The summed E-state index contributed by atoms with van der Waals surface area (Å²) in [6, 6.07) is 4.24.